The molecule has 132 valence electrons. The number of benzene rings is 1. The average molecular weight is 358 g/mol. The Labute approximate surface area is 154 Å². The zero-order chi connectivity index (χ0) is 18.0. The first-order valence-electron chi connectivity index (χ1n) is 8.69. The maximum Gasteiger partial charge on any atom is 0.247 e. The van der Waals surface area contributed by atoms with Crippen LogP contribution in [0.2, 0.25) is 5.15 Å². The van der Waals surface area contributed by atoms with Crippen LogP contribution in [0.4, 0.5) is 0 Å². The van der Waals surface area contributed by atoms with Gasteiger partial charge in [-0.2, -0.15) is 5.10 Å². The van der Waals surface area contributed by atoms with Crippen LogP contribution >= 0.6 is 11.6 Å². The Morgan fingerprint density at radius 1 is 1.40 bits per heavy atom. The van der Waals surface area contributed by atoms with Crippen LogP contribution < -0.4 is 0 Å². The largest absolute Gasteiger partial charge is 0.332 e. The second-order valence-electron chi connectivity index (χ2n) is 6.78. The number of carbonyl (C=O) groups is 1. The molecule has 1 aliphatic carbocycles. The maximum absolute atomic E-state index is 12.9. The van der Waals surface area contributed by atoms with Crippen molar-refractivity contribution in [1.82, 2.24) is 14.7 Å². The van der Waals surface area contributed by atoms with Crippen molar-refractivity contribution in [3.05, 3.63) is 58.4 Å². The van der Waals surface area contributed by atoms with Crippen molar-refractivity contribution in [2.75, 3.05) is 0 Å². The van der Waals surface area contributed by atoms with Crippen molar-refractivity contribution < 1.29 is 4.79 Å². The molecule has 1 aliphatic rings. The van der Waals surface area contributed by atoms with Crippen molar-refractivity contribution in [2.24, 2.45) is 13.0 Å². The first-order valence-corrected chi connectivity index (χ1v) is 9.07. The topological polar surface area (TPSA) is 38.1 Å². The number of carbonyl (C=O) groups excluding carboxylic acids is 1. The Kier molecular flexibility index (Phi) is 5.28. The summed E-state index contributed by atoms with van der Waals surface area (Å²) < 4.78 is 1.62. The standard InChI is InChI=1S/C20H24ClN3O/c1-14-18(20(21)23(3)22-14)11-12-19(25)24(15(2)17-9-10-17)13-16-7-5-4-6-8-16/h4-8,11-12,15,17H,9-10,13H2,1-3H3/b12-11+. The van der Waals surface area contributed by atoms with E-state index in [1.807, 2.05) is 30.0 Å². The summed E-state index contributed by atoms with van der Waals surface area (Å²) in [4.78, 5) is 14.9. The highest BCUT2D eigenvalue weighted by Gasteiger charge is 2.33. The second kappa shape index (κ2) is 7.44. The van der Waals surface area contributed by atoms with E-state index in [4.69, 9.17) is 11.6 Å². The highest BCUT2D eigenvalue weighted by Crippen LogP contribution is 2.36. The van der Waals surface area contributed by atoms with Gasteiger partial charge in [0, 0.05) is 31.3 Å². The van der Waals surface area contributed by atoms with Gasteiger partial charge < -0.3 is 4.90 Å². The molecular formula is C20H24ClN3O. The molecule has 2 aromatic rings. The highest BCUT2D eigenvalue weighted by atomic mass is 35.5. The van der Waals surface area contributed by atoms with Crippen LogP contribution in [0.3, 0.4) is 0 Å². The van der Waals surface area contributed by atoms with Crippen molar-refractivity contribution in [1.29, 1.82) is 0 Å². The normalized spacial score (nSPS) is 15.5. The third-order valence-electron chi connectivity index (χ3n) is 4.86. The van der Waals surface area contributed by atoms with Gasteiger partial charge in [0.25, 0.3) is 0 Å². The number of aryl methyl sites for hydroxylation is 2. The monoisotopic (exact) mass is 357 g/mol. The van der Waals surface area contributed by atoms with Gasteiger partial charge >= 0.3 is 0 Å². The summed E-state index contributed by atoms with van der Waals surface area (Å²) in [5.74, 6) is 0.632. The van der Waals surface area contributed by atoms with E-state index in [0.717, 1.165) is 16.8 Å². The van der Waals surface area contributed by atoms with Crippen molar-refractivity contribution in [3.8, 4) is 0 Å². The molecule has 5 heteroatoms. The number of hydrogen-bond acceptors (Lipinski definition) is 2. The zero-order valence-corrected chi connectivity index (χ0v) is 15.7. The minimum atomic E-state index is 0.0163. The van der Waals surface area contributed by atoms with Gasteiger partial charge in [-0.1, -0.05) is 41.9 Å². The van der Waals surface area contributed by atoms with Gasteiger partial charge in [0.1, 0.15) is 5.15 Å². The molecule has 1 amide bonds. The number of nitrogens with zero attached hydrogens (tertiary/aromatic N) is 3. The molecule has 3 rings (SSSR count). The van der Waals surface area contributed by atoms with Crippen LogP contribution in [0.25, 0.3) is 6.08 Å². The number of hydrogen-bond donors (Lipinski definition) is 0. The molecule has 0 N–H and O–H groups in total. The Bertz CT molecular complexity index is 778. The Hall–Kier alpha value is -2.07. The molecule has 1 heterocycles. The molecule has 1 unspecified atom stereocenters. The summed E-state index contributed by atoms with van der Waals surface area (Å²) in [6.07, 6.45) is 5.82. The minimum absolute atomic E-state index is 0.0163. The van der Waals surface area contributed by atoms with Crippen LogP contribution in [0, 0.1) is 12.8 Å². The summed E-state index contributed by atoms with van der Waals surface area (Å²) in [6, 6.07) is 10.4. The van der Waals surface area contributed by atoms with Gasteiger partial charge in [-0.05, 0) is 44.2 Å². The van der Waals surface area contributed by atoms with Crippen molar-refractivity contribution in [3.63, 3.8) is 0 Å². The number of aromatic nitrogens is 2. The summed E-state index contributed by atoms with van der Waals surface area (Å²) in [5, 5.41) is 4.83. The van der Waals surface area contributed by atoms with Gasteiger partial charge in [0.05, 0.1) is 5.69 Å². The predicted octanol–water partition coefficient (Wildman–Crippen LogP) is 4.22. The zero-order valence-electron chi connectivity index (χ0n) is 14.9. The molecule has 1 atom stereocenters. The lowest BCUT2D eigenvalue weighted by Crippen LogP contribution is -2.38. The lowest BCUT2D eigenvalue weighted by molar-refractivity contribution is -0.129. The second-order valence-corrected chi connectivity index (χ2v) is 7.13. The van der Waals surface area contributed by atoms with Crippen molar-refractivity contribution >= 4 is 23.6 Å². The van der Waals surface area contributed by atoms with Crippen LogP contribution in [-0.2, 0) is 18.4 Å². The van der Waals surface area contributed by atoms with Gasteiger partial charge in [-0.15, -0.1) is 0 Å². The predicted molar refractivity (Wildman–Crippen MR) is 101 cm³/mol. The molecule has 0 aliphatic heterocycles. The molecule has 1 fully saturated rings. The van der Waals surface area contributed by atoms with E-state index in [-0.39, 0.29) is 11.9 Å². The molecule has 0 radical (unpaired) electrons. The fourth-order valence-electron chi connectivity index (χ4n) is 3.12. The summed E-state index contributed by atoms with van der Waals surface area (Å²) in [5.41, 5.74) is 2.77. The quantitative estimate of drug-likeness (QED) is 0.726. The molecule has 0 saturated heterocycles. The summed E-state index contributed by atoms with van der Waals surface area (Å²) >= 11 is 6.25. The van der Waals surface area contributed by atoms with Crippen molar-refractivity contribution in [2.45, 2.75) is 39.3 Å². The maximum atomic E-state index is 12.9. The van der Waals surface area contributed by atoms with E-state index in [1.165, 1.54) is 12.8 Å². The fourth-order valence-corrected chi connectivity index (χ4v) is 3.36. The third-order valence-corrected chi connectivity index (χ3v) is 5.31. The van der Waals surface area contributed by atoms with Crippen LogP contribution in [0.1, 0.15) is 36.6 Å². The third kappa shape index (κ3) is 4.13. The van der Waals surface area contributed by atoms with E-state index < -0.39 is 0 Å². The van der Waals surface area contributed by atoms with E-state index in [9.17, 15) is 4.79 Å². The molecule has 25 heavy (non-hydrogen) atoms. The van der Waals surface area contributed by atoms with Crippen LogP contribution in [0.5, 0.6) is 0 Å². The fraction of sp³-hybridized carbons (Fsp3) is 0.400. The number of rotatable bonds is 6. The molecule has 1 aromatic carbocycles. The molecule has 4 nitrogen and oxygen atoms in total. The van der Waals surface area contributed by atoms with Gasteiger partial charge in [0.2, 0.25) is 5.91 Å². The van der Waals surface area contributed by atoms with E-state index in [1.54, 1.807) is 23.9 Å². The summed E-state index contributed by atoms with van der Waals surface area (Å²) in [6.45, 7) is 4.67. The first-order chi connectivity index (χ1) is 12.0. The summed E-state index contributed by atoms with van der Waals surface area (Å²) in [7, 11) is 1.80. The lowest BCUT2D eigenvalue weighted by atomic mass is 10.1. The Morgan fingerprint density at radius 3 is 2.64 bits per heavy atom. The van der Waals surface area contributed by atoms with E-state index >= 15 is 0 Å². The van der Waals surface area contributed by atoms with Gasteiger partial charge in [-0.3, -0.25) is 9.48 Å². The number of halogens is 1. The molecule has 0 spiro atoms. The number of amides is 1. The smallest absolute Gasteiger partial charge is 0.247 e. The Balaban J connectivity index is 1.80. The van der Waals surface area contributed by atoms with Crippen LogP contribution in [-0.4, -0.2) is 26.6 Å². The molecular weight excluding hydrogens is 334 g/mol. The molecule has 1 aromatic heterocycles. The highest BCUT2D eigenvalue weighted by molar-refractivity contribution is 6.31. The van der Waals surface area contributed by atoms with E-state index in [0.29, 0.717) is 17.6 Å². The SMILES string of the molecule is Cc1nn(C)c(Cl)c1/C=C/C(=O)N(Cc1ccccc1)C(C)C1CC1. The van der Waals surface area contributed by atoms with Gasteiger partial charge in [-0.25, -0.2) is 0 Å². The van der Waals surface area contributed by atoms with E-state index in [2.05, 4.69) is 24.2 Å². The Morgan fingerprint density at radius 2 is 2.08 bits per heavy atom. The van der Waals surface area contributed by atoms with Crippen LogP contribution in [0.15, 0.2) is 36.4 Å². The molecule has 0 bridgehead atoms. The minimum Gasteiger partial charge on any atom is -0.332 e. The first kappa shape index (κ1) is 17.7. The average Bonchev–Trinajstić information content (AvgIpc) is 3.41. The lowest BCUT2D eigenvalue weighted by Gasteiger charge is -2.28. The molecule has 1 saturated carbocycles. The van der Waals surface area contributed by atoms with Gasteiger partial charge in [0.15, 0.2) is 0 Å².